The Morgan fingerprint density at radius 3 is 2.70 bits per heavy atom. The predicted molar refractivity (Wildman–Crippen MR) is 104 cm³/mol. The molecular formula is C21H20ClNO4. The Morgan fingerprint density at radius 1 is 1.19 bits per heavy atom. The van der Waals surface area contributed by atoms with Gasteiger partial charge in [0.1, 0.15) is 17.1 Å². The van der Waals surface area contributed by atoms with Crippen LogP contribution in [0.4, 0.5) is 0 Å². The Hall–Kier alpha value is -2.79. The monoisotopic (exact) mass is 385 g/mol. The van der Waals surface area contributed by atoms with E-state index >= 15 is 0 Å². The van der Waals surface area contributed by atoms with Gasteiger partial charge >= 0.3 is 0 Å². The highest BCUT2D eigenvalue weighted by atomic mass is 35.5. The SMILES string of the molecule is CCC(=O)c1cc(Cl)ccc1OCC(=O)N[C@H](C)c1cc2ccccc2o1. The fourth-order valence-electron chi connectivity index (χ4n) is 2.75. The number of para-hydroxylation sites is 1. The molecule has 0 saturated heterocycles. The van der Waals surface area contributed by atoms with Crippen LogP contribution in [0.2, 0.25) is 5.02 Å². The number of amides is 1. The quantitative estimate of drug-likeness (QED) is 0.585. The van der Waals surface area contributed by atoms with Crippen LogP contribution in [-0.4, -0.2) is 18.3 Å². The minimum Gasteiger partial charge on any atom is -0.483 e. The number of nitrogens with one attached hydrogen (secondary N) is 1. The highest BCUT2D eigenvalue weighted by molar-refractivity contribution is 6.31. The van der Waals surface area contributed by atoms with Crippen LogP contribution in [0.25, 0.3) is 11.0 Å². The molecule has 0 saturated carbocycles. The van der Waals surface area contributed by atoms with E-state index in [1.165, 1.54) is 0 Å². The molecule has 5 nitrogen and oxygen atoms in total. The van der Waals surface area contributed by atoms with E-state index in [0.717, 1.165) is 11.0 Å². The third kappa shape index (κ3) is 4.49. The van der Waals surface area contributed by atoms with Crippen LogP contribution in [0, 0.1) is 0 Å². The molecule has 0 fully saturated rings. The zero-order chi connectivity index (χ0) is 19.4. The summed E-state index contributed by atoms with van der Waals surface area (Å²) in [6.07, 6.45) is 0.325. The average Bonchev–Trinajstić information content (AvgIpc) is 3.10. The van der Waals surface area contributed by atoms with Crippen molar-refractivity contribution in [1.29, 1.82) is 0 Å². The zero-order valence-electron chi connectivity index (χ0n) is 15.1. The van der Waals surface area contributed by atoms with E-state index in [2.05, 4.69) is 5.32 Å². The van der Waals surface area contributed by atoms with Crippen LogP contribution in [0.1, 0.15) is 42.4 Å². The van der Waals surface area contributed by atoms with Gasteiger partial charge in [-0.05, 0) is 37.3 Å². The molecule has 1 heterocycles. The number of rotatable bonds is 7. The van der Waals surface area contributed by atoms with Crippen LogP contribution in [0.5, 0.6) is 5.75 Å². The summed E-state index contributed by atoms with van der Waals surface area (Å²) in [5.74, 6) is 0.604. The number of carbonyl (C=O) groups is 2. The number of Topliss-reactive ketones (excluding diaryl/α,β-unsaturated/α-hetero) is 1. The number of halogens is 1. The molecule has 2 aromatic carbocycles. The first-order chi connectivity index (χ1) is 13.0. The van der Waals surface area contributed by atoms with Crippen molar-refractivity contribution in [3.63, 3.8) is 0 Å². The van der Waals surface area contributed by atoms with Crippen LogP contribution in [0.3, 0.4) is 0 Å². The van der Waals surface area contributed by atoms with E-state index in [1.54, 1.807) is 25.1 Å². The molecule has 0 unspecified atom stereocenters. The molecule has 1 N–H and O–H groups in total. The molecule has 27 heavy (non-hydrogen) atoms. The molecule has 0 aliphatic heterocycles. The molecule has 3 aromatic rings. The molecule has 1 amide bonds. The molecule has 0 spiro atoms. The van der Waals surface area contributed by atoms with Crippen LogP contribution in [-0.2, 0) is 4.79 Å². The van der Waals surface area contributed by atoms with Crippen molar-refractivity contribution in [3.05, 3.63) is 64.9 Å². The number of ether oxygens (including phenoxy) is 1. The number of hydrogen-bond donors (Lipinski definition) is 1. The van der Waals surface area contributed by atoms with Gasteiger partial charge in [-0.2, -0.15) is 0 Å². The molecule has 0 aliphatic rings. The van der Waals surface area contributed by atoms with Gasteiger partial charge in [0.15, 0.2) is 12.4 Å². The van der Waals surface area contributed by atoms with Gasteiger partial charge in [-0.25, -0.2) is 0 Å². The topological polar surface area (TPSA) is 68.5 Å². The first kappa shape index (κ1) is 19.0. The van der Waals surface area contributed by atoms with Gasteiger partial charge in [-0.15, -0.1) is 0 Å². The van der Waals surface area contributed by atoms with Gasteiger partial charge in [0.25, 0.3) is 5.91 Å². The molecular weight excluding hydrogens is 366 g/mol. The van der Waals surface area contributed by atoms with Gasteiger partial charge < -0.3 is 14.5 Å². The number of ketones is 1. The summed E-state index contributed by atoms with van der Waals surface area (Å²) in [6, 6.07) is 14.0. The van der Waals surface area contributed by atoms with E-state index in [4.69, 9.17) is 20.8 Å². The van der Waals surface area contributed by atoms with Crippen molar-refractivity contribution >= 4 is 34.3 Å². The van der Waals surface area contributed by atoms with Gasteiger partial charge in [0, 0.05) is 16.8 Å². The third-order valence-electron chi connectivity index (χ3n) is 4.17. The van der Waals surface area contributed by atoms with Crippen LogP contribution in [0.15, 0.2) is 52.9 Å². The molecule has 0 aliphatic carbocycles. The maximum Gasteiger partial charge on any atom is 0.258 e. The highest BCUT2D eigenvalue weighted by Crippen LogP contribution is 2.25. The van der Waals surface area contributed by atoms with E-state index in [1.807, 2.05) is 37.3 Å². The van der Waals surface area contributed by atoms with Crippen molar-refractivity contribution in [2.45, 2.75) is 26.3 Å². The molecule has 1 atom stereocenters. The lowest BCUT2D eigenvalue weighted by Gasteiger charge is -2.13. The highest BCUT2D eigenvalue weighted by Gasteiger charge is 2.16. The van der Waals surface area contributed by atoms with Crippen molar-refractivity contribution < 1.29 is 18.7 Å². The Labute approximate surface area is 162 Å². The predicted octanol–water partition coefficient (Wildman–Crippen LogP) is 4.94. The van der Waals surface area contributed by atoms with Crippen molar-refractivity contribution in [2.75, 3.05) is 6.61 Å². The maximum absolute atomic E-state index is 12.2. The normalized spacial score (nSPS) is 12.0. The summed E-state index contributed by atoms with van der Waals surface area (Å²) < 4.78 is 11.3. The molecule has 1 aromatic heterocycles. The number of fused-ring (bicyclic) bond motifs is 1. The smallest absolute Gasteiger partial charge is 0.258 e. The van der Waals surface area contributed by atoms with E-state index in [0.29, 0.717) is 28.5 Å². The zero-order valence-corrected chi connectivity index (χ0v) is 15.9. The fraction of sp³-hybridized carbons (Fsp3) is 0.238. The summed E-state index contributed by atoms with van der Waals surface area (Å²) in [4.78, 5) is 24.3. The lowest BCUT2D eigenvalue weighted by Crippen LogP contribution is -2.31. The summed E-state index contributed by atoms with van der Waals surface area (Å²) in [6.45, 7) is 3.38. The van der Waals surface area contributed by atoms with Crippen molar-refractivity contribution in [3.8, 4) is 5.75 Å². The van der Waals surface area contributed by atoms with Crippen molar-refractivity contribution in [2.24, 2.45) is 0 Å². The number of benzene rings is 2. The third-order valence-corrected chi connectivity index (χ3v) is 4.41. The Kier molecular flexibility index (Phi) is 5.81. The van der Waals surface area contributed by atoms with Gasteiger partial charge in [0.05, 0.1) is 11.6 Å². The number of hydrogen-bond acceptors (Lipinski definition) is 4. The Bertz CT molecular complexity index is 946. The minimum absolute atomic E-state index is 0.0939. The molecule has 0 bridgehead atoms. The van der Waals surface area contributed by atoms with E-state index in [9.17, 15) is 9.59 Å². The van der Waals surface area contributed by atoms with Crippen LogP contribution >= 0.6 is 11.6 Å². The summed E-state index contributed by atoms with van der Waals surface area (Å²) in [5, 5.41) is 4.26. The first-order valence-corrected chi connectivity index (χ1v) is 9.09. The molecule has 3 rings (SSSR count). The number of furan rings is 1. The van der Waals surface area contributed by atoms with Crippen LogP contribution < -0.4 is 10.1 Å². The van der Waals surface area contributed by atoms with Gasteiger partial charge in [0.2, 0.25) is 0 Å². The second kappa shape index (κ2) is 8.27. The fourth-order valence-corrected chi connectivity index (χ4v) is 2.92. The standard InChI is InChI=1S/C21H20ClNO4/c1-3-17(24)16-11-15(22)8-9-19(16)26-12-21(25)23-13(2)20-10-14-6-4-5-7-18(14)27-20/h4-11,13H,3,12H2,1-2H3,(H,23,25)/t13-/m1/s1. The molecule has 6 heteroatoms. The second-order valence-corrected chi connectivity index (χ2v) is 6.62. The van der Waals surface area contributed by atoms with E-state index < -0.39 is 0 Å². The minimum atomic E-state index is -0.312. The lowest BCUT2D eigenvalue weighted by atomic mass is 10.1. The summed E-state index contributed by atoms with van der Waals surface area (Å²) in [5.41, 5.74) is 1.15. The van der Waals surface area contributed by atoms with Gasteiger partial charge in [-0.3, -0.25) is 9.59 Å². The molecule has 0 radical (unpaired) electrons. The number of carbonyl (C=O) groups excluding carboxylic acids is 2. The lowest BCUT2D eigenvalue weighted by molar-refractivity contribution is -0.123. The van der Waals surface area contributed by atoms with Gasteiger partial charge in [-0.1, -0.05) is 36.7 Å². The summed E-state index contributed by atoms with van der Waals surface area (Å²) >= 11 is 5.95. The summed E-state index contributed by atoms with van der Waals surface area (Å²) in [7, 11) is 0. The maximum atomic E-state index is 12.2. The van der Waals surface area contributed by atoms with Crippen molar-refractivity contribution in [1.82, 2.24) is 5.32 Å². The second-order valence-electron chi connectivity index (χ2n) is 6.18. The average molecular weight is 386 g/mol. The molecule has 140 valence electrons. The largest absolute Gasteiger partial charge is 0.483 e. The van der Waals surface area contributed by atoms with E-state index in [-0.39, 0.29) is 24.3 Å². The Morgan fingerprint density at radius 2 is 1.96 bits per heavy atom. The Balaban J connectivity index is 1.63. The first-order valence-electron chi connectivity index (χ1n) is 8.71.